The van der Waals surface area contributed by atoms with Gasteiger partial charge in [-0.1, -0.05) is 45.0 Å². The van der Waals surface area contributed by atoms with Crippen molar-refractivity contribution in [3.63, 3.8) is 0 Å². The zero-order valence-electron chi connectivity index (χ0n) is 13.7. The van der Waals surface area contributed by atoms with E-state index in [2.05, 4.69) is 48.2 Å². The molecular weight excluding hydrogens is 322 g/mol. The van der Waals surface area contributed by atoms with Crippen LogP contribution in [0.4, 0.5) is 4.79 Å². The number of hydrogen-bond acceptors (Lipinski definition) is 5. The minimum absolute atomic E-state index is 0.0966. The third-order valence-corrected chi connectivity index (χ3v) is 4.47. The van der Waals surface area contributed by atoms with E-state index in [0.29, 0.717) is 10.6 Å². The molecule has 1 aliphatic heterocycles. The number of benzene rings is 1. The largest absolute Gasteiger partial charge is 0.290 e. The van der Waals surface area contributed by atoms with Crippen LogP contribution in [0.2, 0.25) is 0 Å². The highest BCUT2D eigenvalue weighted by Crippen LogP contribution is 2.27. The summed E-state index contributed by atoms with van der Waals surface area (Å²) in [6, 6.07) is 10.0. The molecule has 2 heterocycles. The van der Waals surface area contributed by atoms with Crippen molar-refractivity contribution in [1.29, 1.82) is 0 Å². The molecular formula is C18H17N3O2S. The molecule has 1 N–H and O–H groups in total. The van der Waals surface area contributed by atoms with Crippen LogP contribution >= 0.6 is 11.8 Å². The molecule has 6 heteroatoms. The number of hydrogen-bond donors (Lipinski definition) is 1. The van der Waals surface area contributed by atoms with Gasteiger partial charge < -0.3 is 0 Å². The van der Waals surface area contributed by atoms with Crippen molar-refractivity contribution in [2.75, 3.05) is 0 Å². The molecule has 5 nitrogen and oxygen atoms in total. The second-order valence-electron chi connectivity index (χ2n) is 6.51. The molecule has 24 heavy (non-hydrogen) atoms. The van der Waals surface area contributed by atoms with Gasteiger partial charge in [0.05, 0.1) is 16.3 Å². The van der Waals surface area contributed by atoms with E-state index in [1.807, 2.05) is 12.1 Å². The second-order valence-corrected chi connectivity index (χ2v) is 7.52. The van der Waals surface area contributed by atoms with Gasteiger partial charge in [-0.15, -0.1) is 0 Å². The molecule has 0 spiro atoms. The molecule has 0 atom stereocenters. The topological polar surface area (TPSA) is 72.0 Å². The number of rotatable bonds is 2. The number of amides is 2. The van der Waals surface area contributed by atoms with Crippen molar-refractivity contribution >= 4 is 29.0 Å². The van der Waals surface area contributed by atoms with Gasteiger partial charge >= 0.3 is 0 Å². The molecule has 0 aliphatic carbocycles. The van der Waals surface area contributed by atoms with E-state index in [4.69, 9.17) is 0 Å². The van der Waals surface area contributed by atoms with Gasteiger partial charge in [-0.3, -0.25) is 14.9 Å². The molecule has 3 rings (SSSR count). The van der Waals surface area contributed by atoms with E-state index in [-0.39, 0.29) is 16.6 Å². The Labute approximate surface area is 144 Å². The number of aromatic nitrogens is 2. The average Bonchev–Trinajstić information content (AvgIpc) is 2.84. The van der Waals surface area contributed by atoms with Crippen LogP contribution in [0, 0.1) is 0 Å². The van der Waals surface area contributed by atoms with Crippen LogP contribution in [0.3, 0.4) is 0 Å². The number of imide groups is 1. The minimum Gasteiger partial charge on any atom is -0.282 e. The highest BCUT2D eigenvalue weighted by Gasteiger charge is 2.25. The summed E-state index contributed by atoms with van der Waals surface area (Å²) in [5.74, 6) is -0.389. The molecule has 122 valence electrons. The van der Waals surface area contributed by atoms with Crippen molar-refractivity contribution in [2.24, 2.45) is 0 Å². The van der Waals surface area contributed by atoms with Crippen LogP contribution in [0.1, 0.15) is 32.0 Å². The third kappa shape index (κ3) is 3.54. The quantitative estimate of drug-likeness (QED) is 0.843. The SMILES string of the molecule is CC(C)(C)c1ccc(-c2cc(/C=C3\SC(=O)NC3=O)ncn2)cc1. The van der Waals surface area contributed by atoms with Gasteiger partial charge in [0.25, 0.3) is 11.1 Å². The molecule has 1 aromatic heterocycles. The normalized spacial score (nSPS) is 16.5. The molecule has 0 radical (unpaired) electrons. The fourth-order valence-electron chi connectivity index (χ4n) is 2.31. The summed E-state index contributed by atoms with van der Waals surface area (Å²) >= 11 is 0.876. The summed E-state index contributed by atoms with van der Waals surface area (Å²) in [6.45, 7) is 6.51. The summed E-state index contributed by atoms with van der Waals surface area (Å²) in [6.07, 6.45) is 3.05. The summed E-state index contributed by atoms with van der Waals surface area (Å²) in [4.78, 5) is 31.6. The molecule has 0 unspecified atom stereocenters. The summed E-state index contributed by atoms with van der Waals surface area (Å²) < 4.78 is 0. The number of nitrogens with one attached hydrogen (secondary N) is 1. The zero-order valence-corrected chi connectivity index (χ0v) is 14.5. The van der Waals surface area contributed by atoms with E-state index in [9.17, 15) is 9.59 Å². The van der Waals surface area contributed by atoms with Crippen LogP contribution < -0.4 is 5.32 Å². The monoisotopic (exact) mass is 339 g/mol. The van der Waals surface area contributed by atoms with Crippen molar-refractivity contribution in [3.05, 3.63) is 52.8 Å². The fourth-order valence-corrected chi connectivity index (χ4v) is 2.97. The predicted octanol–water partition coefficient (Wildman–Crippen LogP) is 3.77. The van der Waals surface area contributed by atoms with E-state index < -0.39 is 0 Å². The second kappa shape index (κ2) is 6.20. The van der Waals surface area contributed by atoms with Crippen LogP contribution in [0.5, 0.6) is 0 Å². The summed E-state index contributed by atoms with van der Waals surface area (Å²) in [7, 11) is 0. The number of carbonyl (C=O) groups excluding carboxylic acids is 2. The molecule has 1 saturated heterocycles. The molecule has 2 amide bonds. The van der Waals surface area contributed by atoms with Gasteiger partial charge in [0.15, 0.2) is 0 Å². The van der Waals surface area contributed by atoms with Crippen molar-refractivity contribution in [1.82, 2.24) is 15.3 Å². The van der Waals surface area contributed by atoms with Crippen molar-refractivity contribution in [2.45, 2.75) is 26.2 Å². The lowest BCUT2D eigenvalue weighted by molar-refractivity contribution is -0.115. The standard InChI is InChI=1S/C18H17N3O2S/c1-18(2,3)12-6-4-11(5-7-12)14-8-13(19-10-20-14)9-15-16(22)21-17(23)24-15/h4-10H,1-3H3,(H,21,22,23)/b15-9-. The van der Waals surface area contributed by atoms with Crippen LogP contribution in [-0.2, 0) is 10.2 Å². The van der Waals surface area contributed by atoms with Crippen molar-refractivity contribution in [3.8, 4) is 11.3 Å². The highest BCUT2D eigenvalue weighted by molar-refractivity contribution is 8.18. The van der Waals surface area contributed by atoms with E-state index in [1.165, 1.54) is 11.9 Å². The van der Waals surface area contributed by atoms with Gasteiger partial charge in [0, 0.05) is 5.56 Å². The molecule has 1 aromatic carbocycles. The highest BCUT2D eigenvalue weighted by atomic mass is 32.2. The lowest BCUT2D eigenvalue weighted by Crippen LogP contribution is -2.17. The first kappa shape index (κ1) is 16.4. The van der Waals surface area contributed by atoms with E-state index in [1.54, 1.807) is 12.1 Å². The maximum absolute atomic E-state index is 11.6. The van der Waals surface area contributed by atoms with Crippen LogP contribution in [-0.4, -0.2) is 21.1 Å². The summed E-state index contributed by atoms with van der Waals surface area (Å²) in [5, 5.41) is 1.86. The fraction of sp³-hybridized carbons (Fsp3) is 0.222. The van der Waals surface area contributed by atoms with Gasteiger partial charge in [-0.05, 0) is 34.9 Å². The first-order valence-corrected chi connectivity index (χ1v) is 8.32. The third-order valence-electron chi connectivity index (χ3n) is 3.66. The maximum atomic E-state index is 11.6. The Morgan fingerprint density at radius 2 is 1.79 bits per heavy atom. The van der Waals surface area contributed by atoms with Crippen LogP contribution in [0.15, 0.2) is 41.6 Å². The molecule has 1 fully saturated rings. The van der Waals surface area contributed by atoms with Crippen LogP contribution in [0.25, 0.3) is 17.3 Å². The van der Waals surface area contributed by atoms with E-state index in [0.717, 1.165) is 23.0 Å². The molecule has 1 aliphatic rings. The maximum Gasteiger partial charge on any atom is 0.290 e. The zero-order chi connectivity index (χ0) is 17.3. The van der Waals surface area contributed by atoms with Gasteiger partial charge in [0.1, 0.15) is 6.33 Å². The van der Waals surface area contributed by atoms with Gasteiger partial charge in [-0.25, -0.2) is 9.97 Å². The first-order valence-electron chi connectivity index (χ1n) is 7.51. The predicted molar refractivity (Wildman–Crippen MR) is 95.3 cm³/mol. The lowest BCUT2D eigenvalue weighted by atomic mass is 9.86. The smallest absolute Gasteiger partial charge is 0.282 e. The Balaban J connectivity index is 1.90. The summed E-state index contributed by atoms with van der Waals surface area (Å²) in [5.41, 5.74) is 3.68. The van der Waals surface area contributed by atoms with E-state index >= 15 is 0 Å². The van der Waals surface area contributed by atoms with Crippen molar-refractivity contribution < 1.29 is 9.59 Å². The Morgan fingerprint density at radius 1 is 1.08 bits per heavy atom. The van der Waals surface area contributed by atoms with Gasteiger partial charge in [-0.2, -0.15) is 0 Å². The Hall–Kier alpha value is -2.47. The van der Waals surface area contributed by atoms with Gasteiger partial charge in [0.2, 0.25) is 0 Å². The Morgan fingerprint density at radius 3 is 2.38 bits per heavy atom. The number of carbonyl (C=O) groups is 2. The lowest BCUT2D eigenvalue weighted by Gasteiger charge is -2.19. The minimum atomic E-state index is -0.389. The molecule has 0 saturated carbocycles. The first-order chi connectivity index (χ1) is 11.3. The Bertz CT molecular complexity index is 836. The average molecular weight is 339 g/mol. The molecule has 0 bridgehead atoms. The molecule has 2 aromatic rings. The Kier molecular flexibility index (Phi) is 4.24. The number of thioether (sulfide) groups is 1. The number of nitrogens with zero attached hydrogens (tertiary/aromatic N) is 2.